The molecule has 0 atom stereocenters. The summed E-state index contributed by atoms with van der Waals surface area (Å²) in [5.41, 5.74) is 14.3. The van der Waals surface area contributed by atoms with Crippen molar-refractivity contribution in [1.82, 2.24) is 0 Å². The number of anilines is 2. The quantitative estimate of drug-likeness (QED) is 0.197. The minimum Gasteiger partial charge on any atom is -0.369 e. The van der Waals surface area contributed by atoms with Crippen LogP contribution in [0.4, 0.5) is 16.2 Å². The van der Waals surface area contributed by atoms with Crippen LogP contribution in [0, 0.1) is 11.8 Å². The number of guanidine groups is 1. The lowest BCUT2D eigenvalue weighted by Gasteiger charge is -2.08. The van der Waals surface area contributed by atoms with Crippen molar-refractivity contribution in [2.75, 3.05) is 10.6 Å². The predicted molar refractivity (Wildman–Crippen MR) is 120 cm³/mol. The third kappa shape index (κ3) is 7.77. The van der Waals surface area contributed by atoms with Crippen molar-refractivity contribution in [3.8, 4) is 11.8 Å². The maximum Gasteiger partial charge on any atom is 0.323 e. The smallest absolute Gasteiger partial charge is 0.323 e. The van der Waals surface area contributed by atoms with Gasteiger partial charge in [0.25, 0.3) is 0 Å². The fraction of sp³-hybridized carbons (Fsp3) is 0.227. The van der Waals surface area contributed by atoms with E-state index in [1.54, 1.807) is 19.1 Å². The summed E-state index contributed by atoms with van der Waals surface area (Å²) >= 11 is 0. The molecular formula is C22H26N6O. The van der Waals surface area contributed by atoms with Gasteiger partial charge in [0.1, 0.15) is 0 Å². The van der Waals surface area contributed by atoms with Crippen molar-refractivity contribution in [3.05, 3.63) is 59.7 Å². The van der Waals surface area contributed by atoms with Crippen molar-refractivity contribution in [2.24, 2.45) is 21.7 Å². The normalized spacial score (nSPS) is 10.5. The molecule has 0 aliphatic heterocycles. The van der Waals surface area contributed by atoms with Gasteiger partial charge in [0.05, 0.1) is 5.71 Å². The molecule has 2 amide bonds. The van der Waals surface area contributed by atoms with Gasteiger partial charge in [-0.3, -0.25) is 0 Å². The van der Waals surface area contributed by atoms with Gasteiger partial charge in [-0.1, -0.05) is 37.3 Å². The zero-order valence-corrected chi connectivity index (χ0v) is 16.7. The molecule has 29 heavy (non-hydrogen) atoms. The molecule has 0 bridgehead atoms. The molecule has 2 rings (SSSR count). The van der Waals surface area contributed by atoms with Gasteiger partial charge in [-0.25, -0.2) is 4.79 Å². The molecule has 6 N–H and O–H groups in total. The Morgan fingerprint density at radius 2 is 1.55 bits per heavy atom. The molecule has 0 aromatic heterocycles. The summed E-state index contributed by atoms with van der Waals surface area (Å²) in [7, 11) is 0. The second-order valence-corrected chi connectivity index (χ2v) is 6.35. The van der Waals surface area contributed by atoms with Crippen molar-refractivity contribution in [2.45, 2.75) is 33.1 Å². The van der Waals surface area contributed by atoms with Crippen LogP contribution in [0.25, 0.3) is 0 Å². The molecule has 7 heteroatoms. The molecule has 0 spiro atoms. The topological polar surface area (TPSA) is 118 Å². The largest absolute Gasteiger partial charge is 0.369 e. The Hall–Kier alpha value is -3.79. The van der Waals surface area contributed by atoms with E-state index in [0.29, 0.717) is 17.1 Å². The second-order valence-electron chi connectivity index (χ2n) is 6.35. The summed E-state index contributed by atoms with van der Waals surface area (Å²) in [4.78, 5) is 12.2. The number of amides is 2. The highest BCUT2D eigenvalue weighted by molar-refractivity contribution is 6.01. The lowest BCUT2D eigenvalue weighted by molar-refractivity contribution is 0.262. The van der Waals surface area contributed by atoms with Crippen LogP contribution < -0.4 is 22.1 Å². The summed E-state index contributed by atoms with van der Waals surface area (Å²) in [5.74, 6) is 6.16. The van der Waals surface area contributed by atoms with Crippen LogP contribution in [0.3, 0.4) is 0 Å². The van der Waals surface area contributed by atoms with Gasteiger partial charge in [-0.15, -0.1) is 5.10 Å². The standard InChI is InChI=1S/C22H26N6O/c1-3-4-5-6-7-17-8-12-19(13-9-17)25-22(29)26-20-14-10-18(11-15-20)16(2)27-28-21(23)24/h8-15H,3-5H2,1-2H3,(H4,23,24,28)(H2,25,26,29)/b27-16+. The summed E-state index contributed by atoms with van der Waals surface area (Å²) in [6.07, 6.45) is 3.15. The van der Waals surface area contributed by atoms with Crippen molar-refractivity contribution >= 4 is 29.1 Å². The first-order chi connectivity index (χ1) is 14.0. The molecule has 0 saturated heterocycles. The fourth-order valence-electron chi connectivity index (χ4n) is 2.35. The molecule has 7 nitrogen and oxygen atoms in total. The average molecular weight is 390 g/mol. The number of nitrogens with one attached hydrogen (secondary N) is 2. The van der Waals surface area contributed by atoms with E-state index in [1.165, 1.54) is 0 Å². The minimum absolute atomic E-state index is 0.101. The van der Waals surface area contributed by atoms with Gasteiger partial charge in [-0.2, -0.15) is 5.10 Å². The molecule has 0 radical (unpaired) electrons. The Morgan fingerprint density at radius 3 is 2.10 bits per heavy atom. The van der Waals surface area contributed by atoms with Crippen LogP contribution in [0.5, 0.6) is 0 Å². The number of hydrogen-bond acceptors (Lipinski definition) is 3. The van der Waals surface area contributed by atoms with E-state index in [2.05, 4.69) is 39.6 Å². The number of nitrogens with two attached hydrogens (primary N) is 2. The summed E-state index contributed by atoms with van der Waals surface area (Å²) < 4.78 is 0. The number of urea groups is 1. The van der Waals surface area contributed by atoms with Gasteiger partial charge >= 0.3 is 6.03 Å². The first kappa shape index (κ1) is 21.5. The van der Waals surface area contributed by atoms with E-state index >= 15 is 0 Å². The highest BCUT2D eigenvalue weighted by atomic mass is 16.2. The lowest BCUT2D eigenvalue weighted by Crippen LogP contribution is -2.22. The molecular weight excluding hydrogens is 364 g/mol. The minimum atomic E-state index is -0.328. The molecule has 150 valence electrons. The lowest BCUT2D eigenvalue weighted by atomic mass is 10.1. The van der Waals surface area contributed by atoms with Gasteiger partial charge < -0.3 is 22.1 Å². The SMILES string of the molecule is CCCCC#Cc1ccc(NC(=O)Nc2ccc(/C(C)=N/N=C(N)N)cc2)cc1. The number of nitrogens with zero attached hydrogens (tertiary/aromatic N) is 2. The van der Waals surface area contributed by atoms with E-state index in [1.807, 2.05) is 36.4 Å². The summed E-state index contributed by atoms with van der Waals surface area (Å²) in [6.45, 7) is 3.94. The third-order valence-corrected chi connectivity index (χ3v) is 3.91. The molecule has 0 unspecified atom stereocenters. The molecule has 0 heterocycles. The second kappa shape index (κ2) is 11.1. The Morgan fingerprint density at radius 1 is 0.966 bits per heavy atom. The molecule has 0 aliphatic carbocycles. The van der Waals surface area contributed by atoms with Crippen molar-refractivity contribution < 1.29 is 4.79 Å². The number of carbonyl (C=O) groups is 1. The Kier molecular flexibility index (Phi) is 8.27. The number of unbranched alkanes of at least 4 members (excludes halogenated alkanes) is 2. The third-order valence-electron chi connectivity index (χ3n) is 3.91. The van der Waals surface area contributed by atoms with Gasteiger partial charge in [-0.05, 0) is 55.3 Å². The molecule has 2 aromatic carbocycles. The van der Waals surface area contributed by atoms with Crippen molar-refractivity contribution in [3.63, 3.8) is 0 Å². The van der Waals surface area contributed by atoms with Crippen LogP contribution >= 0.6 is 0 Å². The monoisotopic (exact) mass is 390 g/mol. The molecule has 0 fully saturated rings. The zero-order chi connectivity index (χ0) is 21.1. The number of benzene rings is 2. The van der Waals surface area contributed by atoms with Crippen LogP contribution in [-0.2, 0) is 0 Å². The van der Waals surface area contributed by atoms with Crippen LogP contribution in [0.2, 0.25) is 0 Å². The highest BCUT2D eigenvalue weighted by Gasteiger charge is 2.04. The highest BCUT2D eigenvalue weighted by Crippen LogP contribution is 2.13. The Bertz CT molecular complexity index is 930. The van der Waals surface area contributed by atoms with Crippen LogP contribution in [0.15, 0.2) is 58.7 Å². The van der Waals surface area contributed by atoms with Gasteiger partial charge in [0.2, 0.25) is 5.96 Å². The Labute approximate surface area is 171 Å². The molecule has 0 aliphatic rings. The molecule has 0 saturated carbocycles. The van der Waals surface area contributed by atoms with Gasteiger partial charge in [0.15, 0.2) is 0 Å². The van der Waals surface area contributed by atoms with Crippen LogP contribution in [-0.4, -0.2) is 17.7 Å². The van der Waals surface area contributed by atoms with Gasteiger partial charge in [0, 0.05) is 23.4 Å². The maximum atomic E-state index is 12.2. The average Bonchev–Trinajstić information content (AvgIpc) is 2.71. The zero-order valence-electron chi connectivity index (χ0n) is 16.7. The van der Waals surface area contributed by atoms with Crippen molar-refractivity contribution in [1.29, 1.82) is 0 Å². The van der Waals surface area contributed by atoms with E-state index in [-0.39, 0.29) is 12.0 Å². The van der Waals surface area contributed by atoms with E-state index in [0.717, 1.165) is 30.4 Å². The Balaban J connectivity index is 1.91. The fourth-order valence-corrected chi connectivity index (χ4v) is 2.35. The number of hydrogen-bond donors (Lipinski definition) is 4. The predicted octanol–water partition coefficient (Wildman–Crippen LogP) is 3.87. The first-order valence-electron chi connectivity index (χ1n) is 9.38. The van der Waals surface area contributed by atoms with E-state index in [9.17, 15) is 4.79 Å². The molecule has 2 aromatic rings. The maximum absolute atomic E-state index is 12.2. The number of carbonyl (C=O) groups excluding carboxylic acids is 1. The number of rotatable bonds is 6. The van der Waals surface area contributed by atoms with E-state index < -0.39 is 0 Å². The first-order valence-corrected chi connectivity index (χ1v) is 9.38. The summed E-state index contributed by atoms with van der Waals surface area (Å²) in [5, 5.41) is 13.1. The summed E-state index contributed by atoms with van der Waals surface area (Å²) in [6, 6.07) is 14.3. The van der Waals surface area contributed by atoms with Crippen LogP contribution in [0.1, 0.15) is 44.2 Å². The van der Waals surface area contributed by atoms with E-state index in [4.69, 9.17) is 11.5 Å².